The molecule has 0 radical (unpaired) electrons. The second kappa shape index (κ2) is 7.59. The lowest BCUT2D eigenvalue weighted by atomic mass is 9.87. The zero-order valence-corrected chi connectivity index (χ0v) is 19.6. The molecule has 0 spiro atoms. The Morgan fingerprint density at radius 3 is 2.29 bits per heavy atom. The van der Waals surface area contributed by atoms with Gasteiger partial charge in [-0.2, -0.15) is 0 Å². The van der Waals surface area contributed by atoms with Crippen molar-refractivity contribution in [1.29, 1.82) is 0 Å². The van der Waals surface area contributed by atoms with Crippen molar-refractivity contribution in [2.75, 3.05) is 0 Å². The first-order chi connectivity index (χ1) is 14.8. The largest absolute Gasteiger partial charge is 0.363 e. The van der Waals surface area contributed by atoms with Gasteiger partial charge < -0.3 is 4.74 Å². The van der Waals surface area contributed by atoms with Gasteiger partial charge in [0.25, 0.3) is 0 Å². The van der Waals surface area contributed by atoms with Crippen LogP contribution in [0.4, 0.5) is 0 Å². The molecule has 0 unspecified atom stereocenters. The van der Waals surface area contributed by atoms with Crippen molar-refractivity contribution < 1.29 is 9.30 Å². The van der Waals surface area contributed by atoms with Crippen LogP contribution in [0.15, 0.2) is 42.7 Å². The van der Waals surface area contributed by atoms with E-state index in [4.69, 9.17) is 9.84 Å². The van der Waals surface area contributed by atoms with Gasteiger partial charge >= 0.3 is 5.82 Å². The molecule has 1 aliphatic heterocycles. The molecule has 2 aliphatic rings. The van der Waals surface area contributed by atoms with E-state index in [0.29, 0.717) is 24.4 Å². The van der Waals surface area contributed by atoms with Crippen LogP contribution in [-0.2, 0) is 17.8 Å². The number of hydrogen-bond acceptors (Lipinski definition) is 2. The summed E-state index contributed by atoms with van der Waals surface area (Å²) in [4.78, 5) is 0. The van der Waals surface area contributed by atoms with Gasteiger partial charge in [0, 0.05) is 11.5 Å². The van der Waals surface area contributed by atoms with E-state index < -0.39 is 0 Å². The van der Waals surface area contributed by atoms with Gasteiger partial charge in [0.05, 0.1) is 0 Å². The number of ether oxygens (including phenoxy) is 1. The summed E-state index contributed by atoms with van der Waals surface area (Å²) in [5.41, 5.74) is 8.19. The van der Waals surface area contributed by atoms with Crippen molar-refractivity contribution in [3.8, 4) is 5.69 Å². The highest BCUT2D eigenvalue weighted by Crippen LogP contribution is 2.37. The topological polar surface area (TPSA) is 30.9 Å². The van der Waals surface area contributed by atoms with Gasteiger partial charge in [-0.05, 0) is 45.6 Å². The predicted molar refractivity (Wildman–Crippen MR) is 123 cm³/mol. The normalized spacial score (nSPS) is 19.8. The van der Waals surface area contributed by atoms with E-state index in [1.165, 1.54) is 33.5 Å². The summed E-state index contributed by atoms with van der Waals surface area (Å²) >= 11 is 0. The number of fused-ring (bicyclic) bond motifs is 5. The van der Waals surface area contributed by atoms with Gasteiger partial charge in [-0.25, -0.2) is 4.57 Å². The first-order valence-corrected chi connectivity index (χ1v) is 11.7. The molecule has 0 bridgehead atoms. The van der Waals surface area contributed by atoms with E-state index in [9.17, 15) is 0 Å². The van der Waals surface area contributed by atoms with Gasteiger partial charge in [0.2, 0.25) is 6.33 Å². The Balaban J connectivity index is 1.68. The average Bonchev–Trinajstić information content (AvgIpc) is 3.33. The van der Waals surface area contributed by atoms with Gasteiger partial charge in [0.1, 0.15) is 24.4 Å². The first kappa shape index (κ1) is 20.4. The molecule has 4 nitrogen and oxygen atoms in total. The summed E-state index contributed by atoms with van der Waals surface area (Å²) in [5, 5.41) is 5.07. The highest BCUT2D eigenvalue weighted by atomic mass is 16.5. The predicted octanol–water partition coefficient (Wildman–Crippen LogP) is 5.57. The standard InChI is InChI=1S/C27H34N3O/c1-16(2)20-11-22(17(3)4)26(23(12-20)18(5)6)30-15-29-25(28-30)14-31-24-13-19-9-7-8-10-21(19)27(24)29/h7-12,15-18,24,27H,13-14H2,1-6H3/q+1/t24-,27+/m0/s1. The molecule has 3 aromatic rings. The fourth-order valence-corrected chi connectivity index (χ4v) is 5.21. The van der Waals surface area contributed by atoms with Crippen LogP contribution < -0.4 is 4.57 Å². The molecule has 2 atom stereocenters. The van der Waals surface area contributed by atoms with Crippen LogP contribution in [-0.4, -0.2) is 15.9 Å². The zero-order chi connectivity index (χ0) is 21.9. The highest BCUT2D eigenvalue weighted by Gasteiger charge is 2.43. The van der Waals surface area contributed by atoms with E-state index in [1.807, 2.05) is 0 Å². The fraction of sp³-hybridized carbons (Fsp3) is 0.481. The number of nitrogens with zero attached hydrogens (tertiary/aromatic N) is 3. The van der Waals surface area contributed by atoms with Crippen LogP contribution >= 0.6 is 0 Å². The Morgan fingerprint density at radius 1 is 0.968 bits per heavy atom. The quantitative estimate of drug-likeness (QED) is 0.520. The van der Waals surface area contributed by atoms with Crippen LogP contribution in [0, 0.1) is 0 Å². The molecule has 2 heterocycles. The van der Waals surface area contributed by atoms with Crippen molar-refractivity contribution in [1.82, 2.24) is 9.78 Å². The van der Waals surface area contributed by atoms with Crippen LogP contribution in [0.3, 0.4) is 0 Å². The summed E-state index contributed by atoms with van der Waals surface area (Å²) in [5.74, 6) is 2.37. The SMILES string of the molecule is CC(C)c1cc(C(C)C)c(-n2c[n+]3c(n2)CO[C@H]2Cc4ccccc4[C@H]23)c(C(C)C)c1. The smallest absolute Gasteiger partial charge is 0.304 e. The van der Waals surface area contributed by atoms with Crippen molar-refractivity contribution in [3.05, 3.63) is 76.4 Å². The third-order valence-corrected chi connectivity index (χ3v) is 6.96. The Labute approximate surface area is 185 Å². The molecular formula is C27H34N3O+. The molecule has 0 fully saturated rings. The number of benzene rings is 2. The molecule has 2 aromatic carbocycles. The molecular weight excluding hydrogens is 382 g/mol. The lowest BCUT2D eigenvalue weighted by Crippen LogP contribution is -2.51. The Morgan fingerprint density at radius 2 is 1.65 bits per heavy atom. The van der Waals surface area contributed by atoms with Crippen LogP contribution in [0.25, 0.3) is 5.69 Å². The maximum Gasteiger partial charge on any atom is 0.304 e. The average molecular weight is 417 g/mol. The maximum absolute atomic E-state index is 6.27. The minimum Gasteiger partial charge on any atom is -0.363 e. The highest BCUT2D eigenvalue weighted by molar-refractivity contribution is 5.53. The fourth-order valence-electron chi connectivity index (χ4n) is 5.21. The van der Waals surface area contributed by atoms with Gasteiger partial charge in [-0.1, -0.05) is 82.6 Å². The summed E-state index contributed by atoms with van der Waals surface area (Å²) in [6.45, 7) is 14.3. The second-order valence-corrected chi connectivity index (χ2v) is 10.1. The van der Waals surface area contributed by atoms with Crippen molar-refractivity contribution in [3.63, 3.8) is 0 Å². The van der Waals surface area contributed by atoms with Crippen LogP contribution in [0.5, 0.6) is 0 Å². The Hall–Kier alpha value is -2.46. The zero-order valence-electron chi connectivity index (χ0n) is 19.6. The van der Waals surface area contributed by atoms with E-state index in [2.05, 4.69) is 93.5 Å². The van der Waals surface area contributed by atoms with Gasteiger partial charge in [-0.15, -0.1) is 0 Å². The molecule has 0 N–H and O–H groups in total. The molecule has 1 aliphatic carbocycles. The number of rotatable bonds is 4. The summed E-state index contributed by atoms with van der Waals surface area (Å²) < 4.78 is 10.8. The van der Waals surface area contributed by atoms with Gasteiger partial charge in [-0.3, -0.25) is 0 Å². The van der Waals surface area contributed by atoms with Crippen molar-refractivity contribution in [2.45, 2.75) is 84.5 Å². The molecule has 162 valence electrons. The Kier molecular flexibility index (Phi) is 5.01. The monoisotopic (exact) mass is 416 g/mol. The number of hydrogen-bond donors (Lipinski definition) is 0. The molecule has 4 heteroatoms. The van der Waals surface area contributed by atoms with Gasteiger partial charge in [0.15, 0.2) is 0 Å². The second-order valence-electron chi connectivity index (χ2n) is 10.1. The first-order valence-electron chi connectivity index (χ1n) is 11.7. The minimum atomic E-state index is 0.199. The molecule has 31 heavy (non-hydrogen) atoms. The minimum absolute atomic E-state index is 0.199. The van der Waals surface area contributed by atoms with Crippen LogP contribution in [0.2, 0.25) is 0 Å². The molecule has 0 saturated carbocycles. The number of aromatic nitrogens is 3. The molecule has 0 amide bonds. The third kappa shape index (κ3) is 3.32. The van der Waals surface area contributed by atoms with Crippen molar-refractivity contribution >= 4 is 0 Å². The maximum atomic E-state index is 6.27. The lowest BCUT2D eigenvalue weighted by Gasteiger charge is -2.23. The van der Waals surface area contributed by atoms with E-state index in [-0.39, 0.29) is 12.1 Å². The van der Waals surface area contributed by atoms with E-state index >= 15 is 0 Å². The van der Waals surface area contributed by atoms with E-state index in [1.54, 1.807) is 0 Å². The summed E-state index contributed by atoms with van der Waals surface area (Å²) in [6, 6.07) is 13.8. The molecule has 0 saturated heterocycles. The Bertz CT molecular complexity index is 1100. The van der Waals surface area contributed by atoms with Crippen molar-refractivity contribution in [2.24, 2.45) is 0 Å². The summed E-state index contributed by atoms with van der Waals surface area (Å²) in [7, 11) is 0. The van der Waals surface area contributed by atoms with Crippen LogP contribution in [0.1, 0.15) is 99.0 Å². The molecule has 1 aromatic heterocycles. The lowest BCUT2D eigenvalue weighted by molar-refractivity contribution is -0.739. The van der Waals surface area contributed by atoms with E-state index in [0.717, 1.165) is 12.2 Å². The third-order valence-electron chi connectivity index (χ3n) is 6.96. The molecule has 5 rings (SSSR count). The summed E-state index contributed by atoms with van der Waals surface area (Å²) in [6.07, 6.45) is 3.40.